The van der Waals surface area contributed by atoms with E-state index in [1.807, 2.05) is 0 Å². The summed E-state index contributed by atoms with van der Waals surface area (Å²) < 4.78 is 0. The highest BCUT2D eigenvalue weighted by atomic mass is 14.2. The van der Waals surface area contributed by atoms with E-state index < -0.39 is 0 Å². The summed E-state index contributed by atoms with van der Waals surface area (Å²) >= 11 is 0. The first-order valence-electron chi connectivity index (χ1n) is 4.62. The third-order valence-corrected chi connectivity index (χ3v) is 2.66. The van der Waals surface area contributed by atoms with Crippen LogP contribution >= 0.6 is 0 Å². The maximum Gasteiger partial charge on any atom is -0.00877 e. The Balaban J connectivity index is 2.38. The van der Waals surface area contributed by atoms with Crippen molar-refractivity contribution in [3.63, 3.8) is 0 Å². The summed E-state index contributed by atoms with van der Waals surface area (Å²) in [6.45, 7) is 0. The second kappa shape index (κ2) is 2.46. The lowest BCUT2D eigenvalue weighted by atomic mass is 10.1. The Morgan fingerprint density at radius 3 is 2.92 bits per heavy atom. The third-order valence-electron chi connectivity index (χ3n) is 2.66. The molecule has 62 valence electrons. The van der Waals surface area contributed by atoms with Crippen molar-refractivity contribution in [2.45, 2.75) is 6.42 Å². The van der Waals surface area contributed by atoms with Gasteiger partial charge in [0.2, 0.25) is 0 Å². The number of hydrogen-bond acceptors (Lipinski definition) is 0. The molecule has 0 heterocycles. The molecule has 0 aromatic heterocycles. The van der Waals surface area contributed by atoms with Gasteiger partial charge in [0, 0.05) is 0 Å². The van der Waals surface area contributed by atoms with Crippen LogP contribution in [0.2, 0.25) is 0 Å². The van der Waals surface area contributed by atoms with Gasteiger partial charge in [0.1, 0.15) is 0 Å². The highest BCUT2D eigenvalue weighted by Gasteiger charge is 2.14. The summed E-state index contributed by atoms with van der Waals surface area (Å²) in [5.41, 5.74) is 5.64. The fraction of sp³-hybridized carbons (Fsp3) is 0.0769. The van der Waals surface area contributed by atoms with Crippen LogP contribution in [0.15, 0.2) is 42.5 Å². The van der Waals surface area contributed by atoms with Gasteiger partial charge in [0.05, 0.1) is 0 Å². The molecule has 0 aromatic carbocycles. The van der Waals surface area contributed by atoms with Crippen molar-refractivity contribution in [3.8, 4) is 11.1 Å². The van der Waals surface area contributed by atoms with Gasteiger partial charge in [-0.3, -0.25) is 0 Å². The lowest BCUT2D eigenvalue weighted by molar-refractivity contribution is 1.34. The average molecular weight is 166 g/mol. The molecule has 0 nitrogen and oxygen atoms in total. The largest absolute Gasteiger partial charge is 0.0795 e. The van der Waals surface area contributed by atoms with Gasteiger partial charge < -0.3 is 0 Å². The van der Waals surface area contributed by atoms with E-state index in [0.717, 1.165) is 6.42 Å². The molecule has 0 atom stereocenters. The minimum absolute atomic E-state index is 1.10. The molecule has 0 amide bonds. The van der Waals surface area contributed by atoms with Crippen LogP contribution in [0.1, 0.15) is 11.1 Å². The Hall–Kier alpha value is -1.56. The Morgan fingerprint density at radius 1 is 1.00 bits per heavy atom. The van der Waals surface area contributed by atoms with Crippen LogP contribution in [0.25, 0.3) is 17.2 Å². The molecule has 0 N–H and O–H groups in total. The first kappa shape index (κ1) is 6.90. The predicted octanol–water partition coefficient (Wildman–Crippen LogP) is 3.36. The fourth-order valence-electron chi connectivity index (χ4n) is 2.04. The van der Waals surface area contributed by atoms with E-state index in [2.05, 4.69) is 48.6 Å². The summed E-state index contributed by atoms with van der Waals surface area (Å²) in [7, 11) is 0. The van der Waals surface area contributed by atoms with E-state index in [1.54, 1.807) is 0 Å². The minimum atomic E-state index is 1.10. The van der Waals surface area contributed by atoms with Crippen molar-refractivity contribution in [3.05, 3.63) is 53.6 Å². The monoisotopic (exact) mass is 166 g/mol. The van der Waals surface area contributed by atoms with Crippen LogP contribution < -0.4 is 0 Å². The lowest BCUT2D eigenvalue weighted by Crippen LogP contribution is -1.70. The molecule has 0 aromatic rings. The van der Waals surface area contributed by atoms with Gasteiger partial charge in [-0.15, -0.1) is 0 Å². The van der Waals surface area contributed by atoms with Crippen LogP contribution in [0, 0.1) is 0 Å². The van der Waals surface area contributed by atoms with Crippen molar-refractivity contribution in [2.24, 2.45) is 0 Å². The van der Waals surface area contributed by atoms with Gasteiger partial charge in [-0.25, -0.2) is 0 Å². The van der Waals surface area contributed by atoms with Gasteiger partial charge in [0.25, 0.3) is 0 Å². The second-order valence-electron chi connectivity index (χ2n) is 3.47. The second-order valence-corrected chi connectivity index (χ2v) is 3.47. The molecule has 0 saturated carbocycles. The average Bonchev–Trinajstić information content (AvgIpc) is 2.61. The van der Waals surface area contributed by atoms with Crippen molar-refractivity contribution in [1.29, 1.82) is 0 Å². The lowest BCUT2D eigenvalue weighted by Gasteiger charge is -1.92. The van der Waals surface area contributed by atoms with E-state index in [1.165, 1.54) is 22.3 Å². The maximum atomic E-state index is 2.30. The third kappa shape index (κ3) is 0.919. The van der Waals surface area contributed by atoms with Crippen LogP contribution in [0.4, 0.5) is 0 Å². The molecule has 0 unspecified atom stereocenters. The molecule has 3 rings (SSSR count). The van der Waals surface area contributed by atoms with Gasteiger partial charge in [-0.1, -0.05) is 48.6 Å². The molecule has 3 aliphatic rings. The molecule has 13 heavy (non-hydrogen) atoms. The van der Waals surface area contributed by atoms with E-state index in [-0.39, 0.29) is 0 Å². The molecule has 0 fully saturated rings. The van der Waals surface area contributed by atoms with Gasteiger partial charge in [-0.05, 0) is 28.7 Å². The summed E-state index contributed by atoms with van der Waals surface area (Å²) in [6.07, 6.45) is 5.57. The SMILES string of the molecule is C1=Cc2c(cc3cccccc2-3)C1. The van der Waals surface area contributed by atoms with Crippen LogP contribution in [0.5, 0.6) is 0 Å². The van der Waals surface area contributed by atoms with E-state index in [4.69, 9.17) is 0 Å². The topological polar surface area (TPSA) is 0 Å². The van der Waals surface area contributed by atoms with Crippen LogP contribution in [-0.4, -0.2) is 0 Å². The molecule has 0 bridgehead atoms. The Labute approximate surface area is 77.9 Å². The number of hydrogen-bond donors (Lipinski definition) is 0. The van der Waals surface area contributed by atoms with Crippen molar-refractivity contribution < 1.29 is 0 Å². The van der Waals surface area contributed by atoms with E-state index in [0.29, 0.717) is 0 Å². The number of fused-ring (bicyclic) bond motifs is 3. The maximum absolute atomic E-state index is 2.30. The summed E-state index contributed by atoms with van der Waals surface area (Å²) in [5, 5.41) is 0. The molecular weight excluding hydrogens is 156 g/mol. The normalized spacial score (nSPS) is 13.5. The molecule has 0 aliphatic heterocycles. The van der Waals surface area contributed by atoms with Crippen LogP contribution in [-0.2, 0) is 6.42 Å². The standard InChI is InChI=1S/C13H10/c1-2-5-10-9-11-6-4-8-13(11)12(10)7-3-1/h1-5,7-9H,6H2. The summed E-state index contributed by atoms with van der Waals surface area (Å²) in [5.74, 6) is 0. The zero-order valence-electron chi connectivity index (χ0n) is 7.33. The fourth-order valence-corrected chi connectivity index (χ4v) is 2.04. The van der Waals surface area contributed by atoms with Crippen molar-refractivity contribution >= 4 is 6.08 Å². The predicted molar refractivity (Wildman–Crippen MR) is 55.8 cm³/mol. The van der Waals surface area contributed by atoms with Crippen molar-refractivity contribution in [2.75, 3.05) is 0 Å². The van der Waals surface area contributed by atoms with E-state index in [9.17, 15) is 0 Å². The quantitative estimate of drug-likeness (QED) is 0.563. The van der Waals surface area contributed by atoms with E-state index >= 15 is 0 Å². The first-order valence-corrected chi connectivity index (χ1v) is 4.62. The first-order chi connectivity index (χ1) is 6.45. The molecule has 0 radical (unpaired) electrons. The highest BCUT2D eigenvalue weighted by Crippen LogP contribution is 2.35. The smallest absolute Gasteiger partial charge is 0.00877 e. The zero-order chi connectivity index (χ0) is 8.67. The number of allylic oxidation sites excluding steroid dienone is 1. The summed E-state index contributed by atoms with van der Waals surface area (Å²) in [6, 6.07) is 13.0. The van der Waals surface area contributed by atoms with Gasteiger partial charge in [0.15, 0.2) is 0 Å². The Kier molecular flexibility index (Phi) is 1.31. The van der Waals surface area contributed by atoms with Gasteiger partial charge in [-0.2, -0.15) is 0 Å². The number of rotatable bonds is 0. The van der Waals surface area contributed by atoms with Crippen LogP contribution in [0.3, 0.4) is 0 Å². The highest BCUT2D eigenvalue weighted by molar-refractivity contribution is 5.83. The summed E-state index contributed by atoms with van der Waals surface area (Å²) in [4.78, 5) is 0. The Bertz CT molecular complexity index is 452. The molecular formula is C13H10. The molecule has 0 spiro atoms. The molecule has 0 saturated heterocycles. The van der Waals surface area contributed by atoms with Crippen molar-refractivity contribution in [1.82, 2.24) is 0 Å². The zero-order valence-corrected chi connectivity index (χ0v) is 7.33. The minimum Gasteiger partial charge on any atom is -0.0795 e. The molecule has 0 heteroatoms. The Morgan fingerprint density at radius 2 is 1.92 bits per heavy atom. The van der Waals surface area contributed by atoms with Gasteiger partial charge >= 0.3 is 0 Å². The molecule has 3 aliphatic carbocycles.